The molecule has 98 valence electrons. The van der Waals surface area contributed by atoms with E-state index in [1.807, 2.05) is 11.8 Å². The van der Waals surface area contributed by atoms with E-state index in [2.05, 4.69) is 23.3 Å². The molecule has 0 fully saturated rings. The molecule has 0 bridgehead atoms. The topological polar surface area (TPSA) is 28.2 Å². The summed E-state index contributed by atoms with van der Waals surface area (Å²) in [6.07, 6.45) is 4.82. The number of hydrogen-bond donors (Lipinski definition) is 1. The van der Waals surface area contributed by atoms with Crippen LogP contribution in [0.3, 0.4) is 0 Å². The number of anilines is 1. The van der Waals surface area contributed by atoms with Gasteiger partial charge in [-0.25, -0.2) is 9.37 Å². The summed E-state index contributed by atoms with van der Waals surface area (Å²) < 4.78 is 14.3. The van der Waals surface area contributed by atoms with Gasteiger partial charge >= 0.3 is 0 Å². The van der Waals surface area contributed by atoms with Crippen molar-refractivity contribution >= 4 is 5.82 Å². The lowest BCUT2D eigenvalue weighted by molar-refractivity contribution is 0.579. The summed E-state index contributed by atoms with van der Waals surface area (Å²) in [5.74, 6) is 0.292. The van der Waals surface area contributed by atoms with Crippen LogP contribution in [0.25, 0.3) is 0 Å². The van der Waals surface area contributed by atoms with Crippen molar-refractivity contribution in [1.29, 1.82) is 0 Å². The average molecular weight is 249 g/mol. The SMILES string of the molecule is CCNCc1ccnc(N2CC=C(C)CC2)c1F. The average Bonchev–Trinajstić information content (AvgIpc) is 2.39. The minimum atomic E-state index is -0.189. The van der Waals surface area contributed by atoms with Gasteiger partial charge < -0.3 is 10.2 Å². The van der Waals surface area contributed by atoms with Gasteiger partial charge in [0.1, 0.15) is 0 Å². The first-order chi connectivity index (χ1) is 8.72. The molecule has 4 heteroatoms. The summed E-state index contributed by atoms with van der Waals surface area (Å²) in [7, 11) is 0. The largest absolute Gasteiger partial charge is 0.350 e. The Balaban J connectivity index is 2.18. The van der Waals surface area contributed by atoms with E-state index in [0.29, 0.717) is 17.9 Å². The third-order valence-corrected chi connectivity index (χ3v) is 3.25. The fourth-order valence-electron chi connectivity index (χ4n) is 2.05. The van der Waals surface area contributed by atoms with Crippen molar-refractivity contribution in [2.24, 2.45) is 0 Å². The molecule has 0 saturated carbocycles. The predicted molar refractivity (Wildman–Crippen MR) is 72.2 cm³/mol. The van der Waals surface area contributed by atoms with Crippen LogP contribution in [-0.4, -0.2) is 24.6 Å². The van der Waals surface area contributed by atoms with E-state index in [9.17, 15) is 4.39 Å². The van der Waals surface area contributed by atoms with Gasteiger partial charge in [0, 0.05) is 31.4 Å². The lowest BCUT2D eigenvalue weighted by atomic mass is 10.1. The molecule has 3 nitrogen and oxygen atoms in total. The van der Waals surface area contributed by atoms with Crippen molar-refractivity contribution in [2.45, 2.75) is 26.8 Å². The highest BCUT2D eigenvalue weighted by Crippen LogP contribution is 2.22. The second kappa shape index (κ2) is 5.96. The first-order valence-corrected chi connectivity index (χ1v) is 6.47. The smallest absolute Gasteiger partial charge is 0.170 e. The first-order valence-electron chi connectivity index (χ1n) is 6.47. The lowest BCUT2D eigenvalue weighted by Gasteiger charge is -2.27. The Hall–Kier alpha value is -1.42. The number of pyridine rings is 1. The standard InChI is InChI=1S/C14H20FN3/c1-3-16-10-12-4-7-17-14(13(12)15)18-8-5-11(2)6-9-18/h4-5,7,16H,3,6,8-10H2,1-2H3. The predicted octanol–water partition coefficient (Wildman–Crippen LogP) is 2.49. The summed E-state index contributed by atoms with van der Waals surface area (Å²) in [5, 5.41) is 3.14. The third kappa shape index (κ3) is 2.88. The fourth-order valence-corrected chi connectivity index (χ4v) is 2.05. The zero-order valence-electron chi connectivity index (χ0n) is 11.0. The molecule has 2 heterocycles. The molecule has 0 unspecified atom stereocenters. The van der Waals surface area contributed by atoms with E-state index in [1.54, 1.807) is 12.3 Å². The molecular weight excluding hydrogens is 229 g/mol. The summed E-state index contributed by atoms with van der Waals surface area (Å²) in [6, 6.07) is 1.74. The van der Waals surface area contributed by atoms with Crippen LogP contribution in [0.2, 0.25) is 0 Å². The monoisotopic (exact) mass is 249 g/mol. The number of aromatic nitrogens is 1. The minimum Gasteiger partial charge on any atom is -0.350 e. The zero-order valence-corrected chi connectivity index (χ0v) is 11.0. The van der Waals surface area contributed by atoms with Crippen LogP contribution in [0.4, 0.5) is 10.2 Å². The molecule has 0 amide bonds. The van der Waals surface area contributed by atoms with Crippen LogP contribution >= 0.6 is 0 Å². The summed E-state index contributed by atoms with van der Waals surface area (Å²) in [5.41, 5.74) is 2.06. The highest BCUT2D eigenvalue weighted by Gasteiger charge is 2.17. The summed E-state index contributed by atoms with van der Waals surface area (Å²) in [4.78, 5) is 6.19. The van der Waals surface area contributed by atoms with E-state index in [0.717, 1.165) is 26.1 Å². The molecule has 1 aliphatic rings. The molecule has 1 aliphatic heterocycles. The Morgan fingerprint density at radius 3 is 3.00 bits per heavy atom. The van der Waals surface area contributed by atoms with Gasteiger partial charge in [-0.3, -0.25) is 0 Å². The van der Waals surface area contributed by atoms with Gasteiger partial charge in [-0.05, 0) is 26.0 Å². The van der Waals surface area contributed by atoms with Crippen molar-refractivity contribution in [3.8, 4) is 0 Å². The normalized spacial score (nSPS) is 15.7. The Labute approximate surface area is 108 Å². The van der Waals surface area contributed by atoms with Gasteiger partial charge in [-0.2, -0.15) is 0 Å². The summed E-state index contributed by atoms with van der Waals surface area (Å²) >= 11 is 0. The highest BCUT2D eigenvalue weighted by atomic mass is 19.1. The van der Waals surface area contributed by atoms with Crippen LogP contribution in [-0.2, 0) is 6.54 Å². The van der Waals surface area contributed by atoms with Crippen molar-refractivity contribution in [3.05, 3.63) is 35.3 Å². The maximum atomic E-state index is 14.3. The van der Waals surface area contributed by atoms with Crippen molar-refractivity contribution in [2.75, 3.05) is 24.5 Å². The van der Waals surface area contributed by atoms with Gasteiger partial charge in [0.2, 0.25) is 0 Å². The van der Waals surface area contributed by atoms with Gasteiger partial charge in [0.15, 0.2) is 11.6 Å². The molecular formula is C14H20FN3. The molecule has 18 heavy (non-hydrogen) atoms. The molecule has 0 spiro atoms. The molecule has 1 aromatic rings. The molecule has 0 radical (unpaired) electrons. The fraction of sp³-hybridized carbons (Fsp3) is 0.500. The number of nitrogens with zero attached hydrogens (tertiary/aromatic N) is 2. The van der Waals surface area contributed by atoms with Crippen molar-refractivity contribution < 1.29 is 4.39 Å². The second-order valence-corrected chi connectivity index (χ2v) is 4.63. The van der Waals surface area contributed by atoms with E-state index in [4.69, 9.17) is 0 Å². The Morgan fingerprint density at radius 2 is 2.33 bits per heavy atom. The molecule has 1 aromatic heterocycles. The number of rotatable bonds is 4. The van der Waals surface area contributed by atoms with Crippen molar-refractivity contribution in [1.82, 2.24) is 10.3 Å². The maximum absolute atomic E-state index is 14.3. The van der Waals surface area contributed by atoms with Crippen LogP contribution in [0.5, 0.6) is 0 Å². The van der Waals surface area contributed by atoms with Crippen LogP contribution in [0.15, 0.2) is 23.9 Å². The van der Waals surface area contributed by atoms with E-state index < -0.39 is 0 Å². The second-order valence-electron chi connectivity index (χ2n) is 4.63. The molecule has 2 rings (SSSR count). The van der Waals surface area contributed by atoms with Gasteiger partial charge in [0.05, 0.1) is 0 Å². The van der Waals surface area contributed by atoms with Crippen LogP contribution in [0, 0.1) is 5.82 Å². The quantitative estimate of drug-likeness (QED) is 0.831. The molecule has 1 N–H and O–H groups in total. The number of halogens is 1. The Morgan fingerprint density at radius 1 is 1.50 bits per heavy atom. The molecule has 0 aliphatic carbocycles. The minimum absolute atomic E-state index is 0.189. The van der Waals surface area contributed by atoms with Gasteiger partial charge in [-0.15, -0.1) is 0 Å². The van der Waals surface area contributed by atoms with Gasteiger partial charge in [-0.1, -0.05) is 18.6 Å². The van der Waals surface area contributed by atoms with E-state index >= 15 is 0 Å². The molecule has 0 aromatic carbocycles. The first kappa shape index (κ1) is 13.0. The number of hydrogen-bond acceptors (Lipinski definition) is 3. The number of nitrogens with one attached hydrogen (secondary N) is 1. The highest BCUT2D eigenvalue weighted by molar-refractivity contribution is 5.45. The van der Waals surface area contributed by atoms with E-state index in [-0.39, 0.29) is 5.82 Å². The Bertz CT molecular complexity index is 443. The lowest BCUT2D eigenvalue weighted by Crippen LogP contribution is -2.30. The zero-order chi connectivity index (χ0) is 13.0. The van der Waals surface area contributed by atoms with E-state index in [1.165, 1.54) is 5.57 Å². The van der Waals surface area contributed by atoms with Crippen LogP contribution in [0.1, 0.15) is 25.8 Å². The van der Waals surface area contributed by atoms with Crippen molar-refractivity contribution in [3.63, 3.8) is 0 Å². The Kier molecular flexibility index (Phi) is 4.31. The summed E-state index contributed by atoms with van der Waals surface area (Å²) in [6.45, 7) is 7.11. The third-order valence-electron chi connectivity index (χ3n) is 3.25. The molecule has 0 saturated heterocycles. The van der Waals surface area contributed by atoms with Crippen LogP contribution < -0.4 is 10.2 Å². The maximum Gasteiger partial charge on any atom is 0.170 e. The molecule has 0 atom stereocenters. The van der Waals surface area contributed by atoms with Gasteiger partial charge in [0.25, 0.3) is 0 Å².